The van der Waals surface area contributed by atoms with Crippen molar-refractivity contribution in [1.82, 2.24) is 10.2 Å². The Morgan fingerprint density at radius 3 is 2.46 bits per heavy atom. The molecule has 1 unspecified atom stereocenters. The standard InChI is InChI=1S/C29H27Cl2N3O5/c30-25-12-6-21(16-26(25)31)19-39-24-10-8-23(9-11-24)34(27(35)13-7-20-4-2-1-3-5-20)18-28(36)33-15-14-22(17-33)32-29(37)38/h1-13,16,22,32H,14-15,17-19H2,(H,37,38)/b13-7+. The molecule has 1 atom stereocenters. The fourth-order valence-electron chi connectivity index (χ4n) is 4.15. The first-order valence-electron chi connectivity index (χ1n) is 12.3. The number of carbonyl (C=O) groups is 3. The van der Waals surface area contributed by atoms with Gasteiger partial charge in [0.05, 0.1) is 16.1 Å². The lowest BCUT2D eigenvalue weighted by Gasteiger charge is -2.25. The monoisotopic (exact) mass is 567 g/mol. The summed E-state index contributed by atoms with van der Waals surface area (Å²) >= 11 is 12.0. The third kappa shape index (κ3) is 7.99. The van der Waals surface area contributed by atoms with Crippen LogP contribution in [0.3, 0.4) is 0 Å². The molecule has 3 aromatic rings. The molecule has 1 fully saturated rings. The second-order valence-electron chi connectivity index (χ2n) is 8.97. The molecule has 0 radical (unpaired) electrons. The summed E-state index contributed by atoms with van der Waals surface area (Å²) in [4.78, 5) is 40.3. The molecule has 3 amide bonds. The van der Waals surface area contributed by atoms with E-state index in [0.717, 1.165) is 11.1 Å². The molecule has 8 nitrogen and oxygen atoms in total. The van der Waals surface area contributed by atoms with E-state index in [4.69, 9.17) is 33.0 Å². The van der Waals surface area contributed by atoms with E-state index in [1.807, 2.05) is 36.4 Å². The minimum absolute atomic E-state index is 0.193. The summed E-state index contributed by atoms with van der Waals surface area (Å²) in [6, 6.07) is 21.2. The summed E-state index contributed by atoms with van der Waals surface area (Å²) in [5.74, 6) is -0.0623. The molecule has 0 saturated carbocycles. The average molecular weight is 568 g/mol. The number of rotatable bonds is 9. The van der Waals surface area contributed by atoms with Crippen molar-refractivity contribution in [2.45, 2.75) is 19.1 Å². The van der Waals surface area contributed by atoms with Crippen molar-refractivity contribution in [3.63, 3.8) is 0 Å². The van der Waals surface area contributed by atoms with Crippen molar-refractivity contribution in [3.8, 4) is 5.75 Å². The topological polar surface area (TPSA) is 99.2 Å². The predicted molar refractivity (Wildman–Crippen MR) is 151 cm³/mol. The van der Waals surface area contributed by atoms with E-state index in [1.54, 1.807) is 47.4 Å². The minimum Gasteiger partial charge on any atom is -0.489 e. The number of hydrogen-bond donors (Lipinski definition) is 2. The molecule has 1 saturated heterocycles. The molecule has 0 spiro atoms. The second-order valence-corrected chi connectivity index (χ2v) is 9.79. The van der Waals surface area contributed by atoms with E-state index in [-0.39, 0.29) is 37.6 Å². The van der Waals surface area contributed by atoms with Gasteiger partial charge in [0.25, 0.3) is 5.91 Å². The average Bonchev–Trinajstić information content (AvgIpc) is 3.40. The summed E-state index contributed by atoms with van der Waals surface area (Å²) in [5, 5.41) is 12.3. The highest BCUT2D eigenvalue weighted by Crippen LogP contribution is 2.25. The van der Waals surface area contributed by atoms with Gasteiger partial charge < -0.3 is 20.1 Å². The van der Waals surface area contributed by atoms with Crippen LogP contribution < -0.4 is 15.0 Å². The number of nitrogens with zero attached hydrogens (tertiary/aromatic N) is 2. The van der Waals surface area contributed by atoms with Crippen LogP contribution in [0.25, 0.3) is 6.08 Å². The third-order valence-electron chi connectivity index (χ3n) is 6.18. The first-order chi connectivity index (χ1) is 18.8. The van der Waals surface area contributed by atoms with Crippen molar-refractivity contribution >= 4 is 52.9 Å². The number of nitrogens with one attached hydrogen (secondary N) is 1. The van der Waals surface area contributed by atoms with Crippen LogP contribution in [0.5, 0.6) is 5.75 Å². The van der Waals surface area contributed by atoms with Crippen LogP contribution >= 0.6 is 23.2 Å². The van der Waals surface area contributed by atoms with Crippen molar-refractivity contribution < 1.29 is 24.2 Å². The Labute approximate surface area is 236 Å². The van der Waals surface area contributed by atoms with Crippen LogP contribution in [0.2, 0.25) is 10.0 Å². The molecular formula is C29H27Cl2N3O5. The molecule has 4 rings (SSSR count). The third-order valence-corrected chi connectivity index (χ3v) is 6.92. The quantitative estimate of drug-likeness (QED) is 0.333. The van der Waals surface area contributed by atoms with Gasteiger partial charge in [0.15, 0.2) is 0 Å². The summed E-state index contributed by atoms with van der Waals surface area (Å²) in [6.07, 6.45) is 2.51. The molecule has 0 aliphatic carbocycles. The smallest absolute Gasteiger partial charge is 0.404 e. The van der Waals surface area contributed by atoms with Crippen molar-refractivity contribution in [3.05, 3.63) is 100 Å². The van der Waals surface area contributed by atoms with Gasteiger partial charge in [-0.05, 0) is 60.0 Å². The molecule has 39 heavy (non-hydrogen) atoms. The van der Waals surface area contributed by atoms with E-state index in [1.165, 1.54) is 11.0 Å². The van der Waals surface area contributed by atoms with Crippen LogP contribution in [0.1, 0.15) is 17.5 Å². The second kappa shape index (κ2) is 13.2. The highest BCUT2D eigenvalue weighted by molar-refractivity contribution is 6.42. The predicted octanol–water partition coefficient (Wildman–Crippen LogP) is 5.49. The SMILES string of the molecule is O=C(O)NC1CCN(C(=O)CN(C(=O)/C=C/c2ccccc2)c2ccc(OCc3ccc(Cl)c(Cl)c3)cc2)C1. The molecule has 0 bridgehead atoms. The molecule has 10 heteroatoms. The minimum atomic E-state index is -1.13. The van der Waals surface area contributed by atoms with Gasteiger partial charge in [-0.2, -0.15) is 0 Å². The Bertz CT molecular complexity index is 1350. The van der Waals surface area contributed by atoms with Crippen LogP contribution in [0.15, 0.2) is 78.9 Å². The largest absolute Gasteiger partial charge is 0.489 e. The number of anilines is 1. The van der Waals surface area contributed by atoms with Gasteiger partial charge in [0, 0.05) is 24.9 Å². The number of carbonyl (C=O) groups excluding carboxylic acids is 2. The van der Waals surface area contributed by atoms with Crippen molar-refractivity contribution in [1.29, 1.82) is 0 Å². The summed E-state index contributed by atoms with van der Waals surface area (Å²) < 4.78 is 5.84. The van der Waals surface area contributed by atoms with Crippen LogP contribution in [0, 0.1) is 0 Å². The van der Waals surface area contributed by atoms with Gasteiger partial charge in [-0.15, -0.1) is 0 Å². The molecule has 2 N–H and O–H groups in total. The zero-order valence-corrected chi connectivity index (χ0v) is 22.4. The molecule has 202 valence electrons. The highest BCUT2D eigenvalue weighted by Gasteiger charge is 2.29. The van der Waals surface area contributed by atoms with Crippen LogP contribution in [0.4, 0.5) is 10.5 Å². The number of likely N-dealkylation sites (tertiary alicyclic amines) is 1. The van der Waals surface area contributed by atoms with Crippen molar-refractivity contribution in [2.75, 3.05) is 24.5 Å². The highest BCUT2D eigenvalue weighted by atomic mass is 35.5. The number of amides is 3. The van der Waals surface area contributed by atoms with Crippen LogP contribution in [-0.2, 0) is 16.2 Å². The van der Waals surface area contributed by atoms with E-state index in [0.29, 0.717) is 34.4 Å². The summed E-state index contributed by atoms with van der Waals surface area (Å²) in [7, 11) is 0. The normalized spacial score (nSPS) is 14.8. The van der Waals surface area contributed by atoms with E-state index < -0.39 is 6.09 Å². The first kappa shape index (κ1) is 28.0. The van der Waals surface area contributed by atoms with Gasteiger partial charge in [0.2, 0.25) is 5.91 Å². The lowest BCUT2D eigenvalue weighted by Crippen LogP contribution is -2.43. The van der Waals surface area contributed by atoms with Crippen LogP contribution in [-0.4, -0.2) is 53.6 Å². The molecule has 1 heterocycles. The Balaban J connectivity index is 1.47. The van der Waals surface area contributed by atoms with Gasteiger partial charge in [-0.25, -0.2) is 4.79 Å². The summed E-state index contributed by atoms with van der Waals surface area (Å²) in [5.41, 5.74) is 2.22. The molecular weight excluding hydrogens is 541 g/mol. The lowest BCUT2D eigenvalue weighted by molar-refractivity contribution is -0.130. The van der Waals surface area contributed by atoms with Gasteiger partial charge >= 0.3 is 6.09 Å². The van der Waals surface area contributed by atoms with Crippen molar-refractivity contribution in [2.24, 2.45) is 0 Å². The zero-order chi connectivity index (χ0) is 27.8. The van der Waals surface area contributed by atoms with Gasteiger partial charge in [-0.1, -0.05) is 59.6 Å². The number of benzene rings is 3. The Morgan fingerprint density at radius 1 is 1.03 bits per heavy atom. The Kier molecular flexibility index (Phi) is 9.46. The number of halogens is 2. The number of hydrogen-bond acceptors (Lipinski definition) is 4. The first-order valence-corrected chi connectivity index (χ1v) is 13.0. The summed E-state index contributed by atoms with van der Waals surface area (Å²) in [6.45, 7) is 0.751. The number of ether oxygens (including phenoxy) is 1. The van der Waals surface area contributed by atoms with Gasteiger partial charge in [0.1, 0.15) is 18.9 Å². The zero-order valence-electron chi connectivity index (χ0n) is 20.9. The van der Waals surface area contributed by atoms with E-state index in [2.05, 4.69) is 5.32 Å². The Morgan fingerprint density at radius 2 is 1.77 bits per heavy atom. The fraction of sp³-hybridized carbons (Fsp3) is 0.207. The molecule has 1 aliphatic heterocycles. The van der Waals surface area contributed by atoms with E-state index >= 15 is 0 Å². The maximum absolute atomic E-state index is 13.3. The Hall–Kier alpha value is -4.01. The maximum Gasteiger partial charge on any atom is 0.404 e. The molecule has 1 aliphatic rings. The lowest BCUT2D eigenvalue weighted by atomic mass is 10.2. The molecule has 0 aromatic heterocycles. The van der Waals surface area contributed by atoms with Gasteiger partial charge in [-0.3, -0.25) is 14.5 Å². The maximum atomic E-state index is 13.3. The number of carboxylic acid groups (broad SMARTS) is 1. The molecule has 3 aromatic carbocycles. The fourth-order valence-corrected chi connectivity index (χ4v) is 4.47. The van der Waals surface area contributed by atoms with E-state index in [9.17, 15) is 14.4 Å².